The topological polar surface area (TPSA) is 26.3 Å². The Labute approximate surface area is 108 Å². The van der Waals surface area contributed by atoms with E-state index in [1.165, 1.54) is 0 Å². The lowest BCUT2D eigenvalue weighted by Crippen LogP contribution is -2.46. The molecule has 1 aromatic carbocycles. The minimum Gasteiger partial charge on any atom is -0.486 e. The Hall–Kier alpha value is -1.31. The summed E-state index contributed by atoms with van der Waals surface area (Å²) < 4.78 is 6.20. The van der Waals surface area contributed by atoms with Gasteiger partial charge in [-0.25, -0.2) is 0 Å². The van der Waals surface area contributed by atoms with Gasteiger partial charge in [0.2, 0.25) is 0 Å². The van der Waals surface area contributed by atoms with Crippen molar-refractivity contribution in [3.05, 3.63) is 29.8 Å². The molecule has 0 radical (unpaired) electrons. The third-order valence-corrected chi connectivity index (χ3v) is 4.51. The number of Topliss-reactive ketones (excluding diaryl/α,β-unsaturated/α-hetero) is 1. The van der Waals surface area contributed by atoms with Crippen LogP contribution in [0.5, 0.6) is 5.75 Å². The molecule has 1 spiro atoms. The number of carbonyl (C=O) groups is 1. The van der Waals surface area contributed by atoms with Crippen LogP contribution in [0.1, 0.15) is 56.3 Å². The number of hydrogen-bond acceptors (Lipinski definition) is 2. The number of para-hydroxylation sites is 1. The Morgan fingerprint density at radius 2 is 1.72 bits per heavy atom. The van der Waals surface area contributed by atoms with Gasteiger partial charge in [-0.05, 0) is 43.2 Å². The van der Waals surface area contributed by atoms with E-state index in [0.29, 0.717) is 11.8 Å². The number of hydrogen-bond donors (Lipinski definition) is 0. The van der Waals surface area contributed by atoms with Gasteiger partial charge in [-0.2, -0.15) is 0 Å². The molecule has 1 fully saturated rings. The smallest absolute Gasteiger partial charge is 0.170 e. The molecule has 0 unspecified atom stereocenters. The Morgan fingerprint density at radius 1 is 1.06 bits per heavy atom. The van der Waals surface area contributed by atoms with Crippen molar-refractivity contribution < 1.29 is 9.53 Å². The van der Waals surface area contributed by atoms with Crippen molar-refractivity contribution in [1.82, 2.24) is 0 Å². The molecule has 0 bridgehead atoms. The molecule has 18 heavy (non-hydrogen) atoms. The monoisotopic (exact) mass is 244 g/mol. The second kappa shape index (κ2) is 3.84. The summed E-state index contributed by atoms with van der Waals surface area (Å²) in [4.78, 5) is 12.2. The highest BCUT2D eigenvalue weighted by Gasteiger charge is 2.44. The van der Waals surface area contributed by atoms with Crippen molar-refractivity contribution in [2.45, 2.75) is 51.6 Å². The van der Waals surface area contributed by atoms with Crippen molar-refractivity contribution in [1.29, 1.82) is 0 Å². The van der Waals surface area contributed by atoms with Gasteiger partial charge in [0.15, 0.2) is 5.78 Å². The van der Waals surface area contributed by atoms with Crippen LogP contribution >= 0.6 is 0 Å². The van der Waals surface area contributed by atoms with Crippen LogP contribution in [0.25, 0.3) is 0 Å². The van der Waals surface area contributed by atoms with Gasteiger partial charge in [-0.3, -0.25) is 4.79 Å². The Bertz CT molecular complexity index is 478. The zero-order valence-corrected chi connectivity index (χ0v) is 11.2. The summed E-state index contributed by atoms with van der Waals surface area (Å²) in [5.74, 6) is 1.03. The zero-order chi connectivity index (χ0) is 12.8. The minimum atomic E-state index is -0.221. The standard InChI is InChI=1S/C16H20O2/c1-15(2)7-9-16(10-8-15)11-13(17)12-5-3-4-6-14(12)18-16/h3-6H,7-11H2,1-2H3. The summed E-state index contributed by atoms with van der Waals surface area (Å²) in [6, 6.07) is 7.64. The molecular weight excluding hydrogens is 224 g/mol. The molecule has 1 aromatic rings. The summed E-state index contributed by atoms with van der Waals surface area (Å²) >= 11 is 0. The molecule has 0 amide bonds. The van der Waals surface area contributed by atoms with E-state index in [1.54, 1.807) is 0 Å². The molecule has 2 heteroatoms. The van der Waals surface area contributed by atoms with Crippen molar-refractivity contribution in [3.8, 4) is 5.75 Å². The molecule has 2 aliphatic rings. The number of benzene rings is 1. The van der Waals surface area contributed by atoms with E-state index in [-0.39, 0.29) is 11.4 Å². The average Bonchev–Trinajstić information content (AvgIpc) is 2.34. The van der Waals surface area contributed by atoms with E-state index < -0.39 is 0 Å². The molecule has 0 N–H and O–H groups in total. The third kappa shape index (κ3) is 1.94. The van der Waals surface area contributed by atoms with Crippen LogP contribution in [0.3, 0.4) is 0 Å². The number of fused-ring (bicyclic) bond motifs is 1. The van der Waals surface area contributed by atoms with Gasteiger partial charge in [0.25, 0.3) is 0 Å². The van der Waals surface area contributed by atoms with E-state index in [1.807, 2.05) is 24.3 Å². The van der Waals surface area contributed by atoms with Crippen molar-refractivity contribution in [2.75, 3.05) is 0 Å². The van der Waals surface area contributed by atoms with Crippen molar-refractivity contribution in [3.63, 3.8) is 0 Å². The fraction of sp³-hybridized carbons (Fsp3) is 0.562. The first-order chi connectivity index (χ1) is 8.50. The van der Waals surface area contributed by atoms with Crippen LogP contribution in [0, 0.1) is 5.41 Å². The highest BCUT2D eigenvalue weighted by Crippen LogP contribution is 2.46. The highest BCUT2D eigenvalue weighted by atomic mass is 16.5. The van der Waals surface area contributed by atoms with E-state index >= 15 is 0 Å². The predicted octanol–water partition coefficient (Wildman–Crippen LogP) is 3.99. The SMILES string of the molecule is CC1(C)CCC2(CC1)CC(=O)c1ccccc1O2. The summed E-state index contributed by atoms with van der Waals surface area (Å²) in [7, 11) is 0. The predicted molar refractivity (Wildman–Crippen MR) is 71.0 cm³/mol. The molecule has 2 nitrogen and oxygen atoms in total. The van der Waals surface area contributed by atoms with E-state index in [2.05, 4.69) is 13.8 Å². The quantitative estimate of drug-likeness (QED) is 0.689. The fourth-order valence-corrected chi connectivity index (χ4v) is 3.10. The van der Waals surface area contributed by atoms with Crippen molar-refractivity contribution in [2.24, 2.45) is 5.41 Å². The Kier molecular flexibility index (Phi) is 2.51. The lowest BCUT2D eigenvalue weighted by atomic mass is 9.68. The highest BCUT2D eigenvalue weighted by molar-refractivity contribution is 6.00. The molecule has 96 valence electrons. The second-order valence-corrected chi connectivity index (χ2v) is 6.55. The maximum Gasteiger partial charge on any atom is 0.170 e. The van der Waals surface area contributed by atoms with Crippen LogP contribution in [0.15, 0.2) is 24.3 Å². The molecule has 1 saturated carbocycles. The number of carbonyl (C=O) groups excluding carboxylic acids is 1. The van der Waals surface area contributed by atoms with Crippen LogP contribution in [0.4, 0.5) is 0 Å². The number of rotatable bonds is 0. The van der Waals surface area contributed by atoms with Gasteiger partial charge in [0.05, 0.1) is 12.0 Å². The molecule has 0 atom stereocenters. The van der Waals surface area contributed by atoms with Crippen molar-refractivity contribution >= 4 is 5.78 Å². The van der Waals surface area contributed by atoms with Gasteiger partial charge in [0.1, 0.15) is 11.4 Å². The van der Waals surface area contributed by atoms with Gasteiger partial charge in [0, 0.05) is 0 Å². The molecular formula is C16H20O2. The fourth-order valence-electron chi connectivity index (χ4n) is 3.10. The van der Waals surface area contributed by atoms with E-state index in [4.69, 9.17) is 4.74 Å². The molecule has 1 heterocycles. The molecule has 0 saturated heterocycles. The number of ketones is 1. The van der Waals surface area contributed by atoms with E-state index in [9.17, 15) is 4.79 Å². The zero-order valence-electron chi connectivity index (χ0n) is 11.2. The van der Waals surface area contributed by atoms with Gasteiger partial charge < -0.3 is 4.74 Å². The Balaban J connectivity index is 1.88. The lowest BCUT2D eigenvalue weighted by molar-refractivity contribution is -0.0130. The summed E-state index contributed by atoms with van der Waals surface area (Å²) in [5.41, 5.74) is 0.934. The van der Waals surface area contributed by atoms with Gasteiger partial charge in [-0.15, -0.1) is 0 Å². The summed E-state index contributed by atoms with van der Waals surface area (Å²) in [5, 5.41) is 0. The van der Waals surface area contributed by atoms with Crippen LogP contribution < -0.4 is 4.74 Å². The maximum absolute atomic E-state index is 12.2. The largest absolute Gasteiger partial charge is 0.486 e. The van der Waals surface area contributed by atoms with Gasteiger partial charge in [-0.1, -0.05) is 26.0 Å². The molecule has 0 aromatic heterocycles. The second-order valence-electron chi connectivity index (χ2n) is 6.55. The van der Waals surface area contributed by atoms with Gasteiger partial charge >= 0.3 is 0 Å². The first-order valence-corrected chi connectivity index (χ1v) is 6.81. The average molecular weight is 244 g/mol. The van der Waals surface area contributed by atoms with Crippen LogP contribution in [-0.2, 0) is 0 Å². The molecule has 1 aliphatic carbocycles. The molecule has 1 aliphatic heterocycles. The Morgan fingerprint density at radius 3 is 2.44 bits per heavy atom. The van der Waals surface area contributed by atoms with E-state index in [0.717, 1.165) is 37.0 Å². The van der Waals surface area contributed by atoms with Crippen LogP contribution in [0.2, 0.25) is 0 Å². The third-order valence-electron chi connectivity index (χ3n) is 4.51. The summed E-state index contributed by atoms with van der Waals surface area (Å²) in [6.45, 7) is 4.61. The maximum atomic E-state index is 12.2. The normalized spacial score (nSPS) is 24.4. The molecule has 3 rings (SSSR count). The summed E-state index contributed by atoms with van der Waals surface area (Å²) in [6.07, 6.45) is 4.84. The minimum absolute atomic E-state index is 0.221. The number of ether oxygens (including phenoxy) is 1. The first kappa shape index (κ1) is 11.8. The lowest BCUT2D eigenvalue weighted by Gasteiger charge is -2.45. The van der Waals surface area contributed by atoms with Crippen LogP contribution in [-0.4, -0.2) is 11.4 Å². The first-order valence-electron chi connectivity index (χ1n) is 6.81.